The average molecular weight is 488 g/mol. The zero-order valence-electron chi connectivity index (χ0n) is 20.1. The summed E-state index contributed by atoms with van der Waals surface area (Å²) >= 11 is 0. The molecule has 1 unspecified atom stereocenters. The maximum Gasteiger partial charge on any atom is 0.337 e. The fourth-order valence-corrected chi connectivity index (χ4v) is 5.18. The minimum Gasteiger partial charge on any atom is -0.382 e. The smallest absolute Gasteiger partial charge is 0.337 e. The molecule has 0 saturated carbocycles. The number of nitrogens with one attached hydrogen (secondary N) is 2. The zero-order chi connectivity index (χ0) is 25.0. The number of carbonyl (C=O) groups is 1. The Labute approximate surface area is 199 Å². The largest absolute Gasteiger partial charge is 0.382 e. The van der Waals surface area contributed by atoms with Gasteiger partial charge in [0.1, 0.15) is 15.2 Å². The SMILES string of the molecule is CCCS(=N)(=O)c1nc(N)c2c(n1)n(Cc1ccccc1)c(=O)n2C(=O)CN[C@@H](C)CC(C)C. The number of hydrogen-bond donors (Lipinski definition) is 3. The van der Waals surface area contributed by atoms with E-state index in [1.54, 1.807) is 0 Å². The van der Waals surface area contributed by atoms with Gasteiger partial charge in [0.25, 0.3) is 0 Å². The van der Waals surface area contributed by atoms with Crippen molar-refractivity contribution in [1.29, 1.82) is 4.78 Å². The number of benzene rings is 1. The van der Waals surface area contributed by atoms with Gasteiger partial charge in [0.2, 0.25) is 11.1 Å². The van der Waals surface area contributed by atoms with Crippen LogP contribution in [0.3, 0.4) is 0 Å². The monoisotopic (exact) mass is 487 g/mol. The summed E-state index contributed by atoms with van der Waals surface area (Å²) in [6.45, 7) is 8.06. The van der Waals surface area contributed by atoms with E-state index >= 15 is 0 Å². The molecule has 0 aliphatic heterocycles. The van der Waals surface area contributed by atoms with Crippen LogP contribution < -0.4 is 16.7 Å². The van der Waals surface area contributed by atoms with Crippen molar-refractivity contribution in [2.75, 3.05) is 18.0 Å². The standard InChI is InChI=1S/C23H33N7O3S/c1-5-11-34(25,33)22-27-20(24)19-21(28-22)29(14-17-9-7-6-8-10-17)23(32)30(19)18(31)13-26-16(4)12-15(2)3/h6-10,15-16,25-26H,5,11-14H2,1-4H3,(H2,24,27,28)/t16-,34?/m0/s1. The molecule has 0 bridgehead atoms. The lowest BCUT2D eigenvalue weighted by molar-refractivity contribution is 0.0907. The molecule has 0 saturated heterocycles. The topological polar surface area (TPSA) is 149 Å². The number of aromatic nitrogens is 4. The van der Waals surface area contributed by atoms with Gasteiger partial charge >= 0.3 is 5.69 Å². The van der Waals surface area contributed by atoms with Gasteiger partial charge in [-0.1, -0.05) is 51.1 Å². The van der Waals surface area contributed by atoms with Crippen LogP contribution in [0.15, 0.2) is 40.3 Å². The molecule has 0 radical (unpaired) electrons. The van der Waals surface area contributed by atoms with Crippen LogP contribution in [0.25, 0.3) is 11.2 Å². The number of nitrogens with two attached hydrogens (primary N) is 1. The van der Waals surface area contributed by atoms with Crippen molar-refractivity contribution in [3.8, 4) is 0 Å². The Bertz CT molecular complexity index is 1330. The molecule has 34 heavy (non-hydrogen) atoms. The molecule has 0 spiro atoms. The Morgan fingerprint density at radius 3 is 2.50 bits per heavy atom. The van der Waals surface area contributed by atoms with Crippen molar-refractivity contribution in [3.05, 3.63) is 46.4 Å². The summed E-state index contributed by atoms with van der Waals surface area (Å²) in [7, 11) is -3.29. The maximum absolute atomic E-state index is 13.4. The van der Waals surface area contributed by atoms with Gasteiger partial charge in [-0.05, 0) is 31.2 Å². The first kappa shape index (κ1) is 25.6. The Morgan fingerprint density at radius 2 is 1.88 bits per heavy atom. The van der Waals surface area contributed by atoms with Crippen molar-refractivity contribution in [3.63, 3.8) is 0 Å². The third kappa shape index (κ3) is 5.53. The van der Waals surface area contributed by atoms with Gasteiger partial charge in [-0.2, -0.15) is 4.98 Å². The van der Waals surface area contributed by atoms with E-state index in [1.165, 1.54) is 4.57 Å². The lowest BCUT2D eigenvalue weighted by Gasteiger charge is -2.15. The van der Waals surface area contributed by atoms with E-state index in [4.69, 9.17) is 10.5 Å². The van der Waals surface area contributed by atoms with Crippen LogP contribution in [0.1, 0.15) is 50.9 Å². The molecular formula is C23H33N7O3S. The highest BCUT2D eigenvalue weighted by Crippen LogP contribution is 2.21. The number of rotatable bonds is 10. The molecule has 11 heteroatoms. The van der Waals surface area contributed by atoms with Crippen molar-refractivity contribution >= 4 is 32.6 Å². The summed E-state index contributed by atoms with van der Waals surface area (Å²) in [6.07, 6.45) is 1.38. The molecular weight excluding hydrogens is 454 g/mol. The van der Waals surface area contributed by atoms with Crippen LogP contribution in [0, 0.1) is 10.7 Å². The lowest BCUT2D eigenvalue weighted by atomic mass is 10.1. The molecule has 0 amide bonds. The summed E-state index contributed by atoms with van der Waals surface area (Å²) < 4.78 is 23.4. The van der Waals surface area contributed by atoms with Gasteiger partial charge in [-0.3, -0.25) is 9.36 Å². The molecule has 1 aromatic carbocycles. The third-order valence-electron chi connectivity index (χ3n) is 5.42. The number of hydrogen-bond acceptors (Lipinski definition) is 8. The van der Waals surface area contributed by atoms with Gasteiger partial charge in [0.15, 0.2) is 11.5 Å². The van der Waals surface area contributed by atoms with Crippen molar-refractivity contribution in [2.24, 2.45) is 5.92 Å². The number of anilines is 1. The van der Waals surface area contributed by atoms with E-state index in [0.717, 1.165) is 16.6 Å². The quantitative estimate of drug-likeness (QED) is 0.372. The normalized spacial score (nSPS) is 14.4. The Kier molecular flexibility index (Phi) is 7.88. The van der Waals surface area contributed by atoms with Gasteiger partial charge in [0, 0.05) is 11.8 Å². The molecule has 10 nitrogen and oxygen atoms in total. The molecule has 0 fully saturated rings. The van der Waals surface area contributed by atoms with Crippen molar-refractivity contribution in [2.45, 2.75) is 58.3 Å². The molecule has 2 aromatic heterocycles. The highest BCUT2D eigenvalue weighted by molar-refractivity contribution is 7.92. The van der Waals surface area contributed by atoms with E-state index in [9.17, 15) is 13.8 Å². The fourth-order valence-electron chi connectivity index (χ4n) is 3.95. The number of fused-ring (bicyclic) bond motifs is 1. The first-order valence-electron chi connectivity index (χ1n) is 11.4. The van der Waals surface area contributed by atoms with Crippen LogP contribution >= 0.6 is 0 Å². The molecule has 3 aromatic rings. The van der Waals surface area contributed by atoms with Gasteiger partial charge in [-0.25, -0.2) is 23.3 Å². The molecule has 4 N–H and O–H groups in total. The summed E-state index contributed by atoms with van der Waals surface area (Å²) in [5, 5.41) is 2.93. The fraction of sp³-hybridized carbons (Fsp3) is 0.478. The lowest BCUT2D eigenvalue weighted by Crippen LogP contribution is -2.38. The second-order valence-electron chi connectivity index (χ2n) is 8.94. The van der Waals surface area contributed by atoms with Crippen LogP contribution in [0.4, 0.5) is 5.82 Å². The van der Waals surface area contributed by atoms with E-state index in [0.29, 0.717) is 12.3 Å². The first-order valence-corrected chi connectivity index (χ1v) is 13.1. The minimum absolute atomic E-state index is 0.0650. The van der Waals surface area contributed by atoms with E-state index in [1.807, 2.05) is 44.2 Å². The molecule has 3 rings (SSSR count). The van der Waals surface area contributed by atoms with Crippen LogP contribution in [0.5, 0.6) is 0 Å². The number of nitrogens with zero attached hydrogens (tertiary/aromatic N) is 4. The Balaban J connectivity index is 2.14. The van der Waals surface area contributed by atoms with Gasteiger partial charge in [-0.15, -0.1) is 0 Å². The van der Waals surface area contributed by atoms with E-state index in [-0.39, 0.29) is 47.0 Å². The maximum atomic E-state index is 13.4. The molecule has 2 atom stereocenters. The highest BCUT2D eigenvalue weighted by atomic mass is 32.2. The zero-order valence-corrected chi connectivity index (χ0v) is 20.9. The summed E-state index contributed by atoms with van der Waals surface area (Å²) in [4.78, 5) is 35.0. The molecule has 0 aliphatic rings. The molecule has 0 aliphatic carbocycles. The van der Waals surface area contributed by atoms with Gasteiger partial charge in [0.05, 0.1) is 13.1 Å². The third-order valence-corrected chi connectivity index (χ3v) is 7.18. The predicted molar refractivity (Wildman–Crippen MR) is 134 cm³/mol. The van der Waals surface area contributed by atoms with Crippen molar-refractivity contribution < 1.29 is 9.00 Å². The predicted octanol–water partition coefficient (Wildman–Crippen LogP) is 2.70. The second kappa shape index (κ2) is 10.5. The van der Waals surface area contributed by atoms with E-state index < -0.39 is 21.3 Å². The summed E-state index contributed by atoms with van der Waals surface area (Å²) in [6, 6.07) is 9.33. The molecule has 184 valence electrons. The van der Waals surface area contributed by atoms with Crippen LogP contribution in [-0.4, -0.2) is 47.6 Å². The minimum atomic E-state index is -3.29. The molecule has 2 heterocycles. The average Bonchev–Trinajstić information content (AvgIpc) is 3.04. The number of imidazole rings is 1. The second-order valence-corrected chi connectivity index (χ2v) is 11.1. The summed E-state index contributed by atoms with van der Waals surface area (Å²) in [5.41, 5.74) is 6.56. The first-order chi connectivity index (χ1) is 16.0. The highest BCUT2D eigenvalue weighted by Gasteiger charge is 2.26. The van der Waals surface area contributed by atoms with E-state index in [2.05, 4.69) is 29.1 Å². The van der Waals surface area contributed by atoms with Crippen molar-refractivity contribution in [1.82, 2.24) is 24.4 Å². The van der Waals surface area contributed by atoms with Crippen LogP contribution in [0.2, 0.25) is 0 Å². The van der Waals surface area contributed by atoms with Crippen LogP contribution in [-0.2, 0) is 16.3 Å². The Morgan fingerprint density at radius 1 is 1.21 bits per heavy atom. The number of nitrogen functional groups attached to an aromatic ring is 1. The van der Waals surface area contributed by atoms with Gasteiger partial charge < -0.3 is 11.1 Å². The summed E-state index contributed by atoms with van der Waals surface area (Å²) in [5.74, 6) is -0.110. The Hall–Kier alpha value is -3.05. The number of carbonyl (C=O) groups excluding carboxylic acids is 1.